The third kappa shape index (κ3) is 6.28. The van der Waals surface area contributed by atoms with Crippen LogP contribution in [0, 0.1) is 0 Å². The molecule has 0 aromatic heterocycles. The molecule has 17 heavy (non-hydrogen) atoms. The number of guanidine groups is 1. The van der Waals surface area contributed by atoms with Crippen molar-refractivity contribution in [3.05, 3.63) is 12.3 Å². The number of aliphatic imine (C=N–C) groups is 1. The molecule has 0 amide bonds. The molecule has 1 atom stereocenters. The normalized spacial score (nSPS) is 14.1. The summed E-state index contributed by atoms with van der Waals surface area (Å²) in [5.41, 5.74) is 0. The molecule has 0 aliphatic heterocycles. The monoisotopic (exact) mass is 242 g/mol. The molecule has 0 fully saturated rings. The second kappa shape index (κ2) is 9.01. The van der Waals surface area contributed by atoms with Crippen LogP contribution in [0.4, 0.5) is 0 Å². The van der Waals surface area contributed by atoms with E-state index in [0.717, 1.165) is 18.9 Å². The predicted molar refractivity (Wildman–Crippen MR) is 72.9 cm³/mol. The Morgan fingerprint density at radius 1 is 1.41 bits per heavy atom. The van der Waals surface area contributed by atoms with Crippen molar-refractivity contribution in [3.63, 3.8) is 0 Å². The number of hydrogen-bond donors (Lipinski definition) is 2. The Labute approximate surface area is 105 Å². The summed E-state index contributed by atoms with van der Waals surface area (Å²) in [5.74, 6) is 0.772. The molecule has 0 bridgehead atoms. The highest BCUT2D eigenvalue weighted by Gasteiger charge is 2.11. The summed E-state index contributed by atoms with van der Waals surface area (Å²) >= 11 is 0. The maximum Gasteiger partial charge on any atom is 0.202 e. The molecule has 0 aromatic carbocycles. The topological polar surface area (TPSA) is 51.1 Å². The summed E-state index contributed by atoms with van der Waals surface area (Å²) in [4.78, 5) is 8.08. The van der Waals surface area contributed by atoms with Crippen LogP contribution in [-0.4, -0.2) is 61.3 Å². The first-order chi connectivity index (χ1) is 8.06. The Morgan fingerprint density at radius 3 is 2.53 bits per heavy atom. The van der Waals surface area contributed by atoms with Crippen LogP contribution in [0.2, 0.25) is 0 Å². The van der Waals surface area contributed by atoms with Crippen molar-refractivity contribution in [1.82, 2.24) is 15.1 Å². The van der Waals surface area contributed by atoms with E-state index in [2.05, 4.69) is 17.2 Å². The van der Waals surface area contributed by atoms with E-state index in [1.807, 2.05) is 39.0 Å². The molecule has 5 heteroatoms. The molecular weight excluding hydrogens is 216 g/mol. The third-order valence-electron chi connectivity index (χ3n) is 2.62. The largest absolute Gasteiger partial charge is 0.376 e. The quantitative estimate of drug-likeness (QED) is 0.409. The van der Waals surface area contributed by atoms with E-state index in [0.29, 0.717) is 6.04 Å². The van der Waals surface area contributed by atoms with E-state index in [-0.39, 0.29) is 6.73 Å². The SMILES string of the molecule is C/C=C/N=C(\N(C)CO)N(C)CCC(C)NC. The molecule has 0 aliphatic carbocycles. The maximum absolute atomic E-state index is 9.16. The van der Waals surface area contributed by atoms with Gasteiger partial charge >= 0.3 is 0 Å². The van der Waals surface area contributed by atoms with Gasteiger partial charge in [-0.2, -0.15) is 0 Å². The molecule has 0 rings (SSSR count). The summed E-state index contributed by atoms with van der Waals surface area (Å²) in [6.07, 6.45) is 4.63. The lowest BCUT2D eigenvalue weighted by Gasteiger charge is -2.28. The number of nitrogens with one attached hydrogen (secondary N) is 1. The van der Waals surface area contributed by atoms with Gasteiger partial charge in [0.2, 0.25) is 5.96 Å². The summed E-state index contributed by atoms with van der Waals surface area (Å²) in [7, 11) is 5.76. The summed E-state index contributed by atoms with van der Waals surface area (Å²) in [6, 6.07) is 0.472. The van der Waals surface area contributed by atoms with E-state index < -0.39 is 0 Å². The van der Waals surface area contributed by atoms with Gasteiger partial charge in [0.25, 0.3) is 0 Å². The molecule has 0 saturated carbocycles. The zero-order chi connectivity index (χ0) is 13.3. The first-order valence-electron chi connectivity index (χ1n) is 5.96. The molecule has 0 aliphatic rings. The average molecular weight is 242 g/mol. The lowest BCUT2D eigenvalue weighted by atomic mass is 10.2. The molecule has 0 saturated heterocycles. The fraction of sp³-hybridized carbons (Fsp3) is 0.750. The first kappa shape index (κ1) is 15.9. The zero-order valence-corrected chi connectivity index (χ0v) is 11.6. The van der Waals surface area contributed by atoms with Crippen LogP contribution in [-0.2, 0) is 0 Å². The minimum atomic E-state index is -0.0394. The van der Waals surface area contributed by atoms with E-state index in [1.54, 1.807) is 11.1 Å². The summed E-state index contributed by atoms with van der Waals surface area (Å²) < 4.78 is 0. The number of allylic oxidation sites excluding steroid dienone is 1. The molecule has 2 N–H and O–H groups in total. The van der Waals surface area contributed by atoms with Crippen LogP contribution in [0.5, 0.6) is 0 Å². The first-order valence-corrected chi connectivity index (χ1v) is 5.96. The Hall–Kier alpha value is -1.07. The van der Waals surface area contributed by atoms with Gasteiger partial charge in [0.1, 0.15) is 6.73 Å². The Bertz CT molecular complexity index is 253. The summed E-state index contributed by atoms with van der Waals surface area (Å²) in [5, 5.41) is 12.4. The van der Waals surface area contributed by atoms with E-state index in [9.17, 15) is 0 Å². The number of rotatable bonds is 6. The van der Waals surface area contributed by atoms with Crippen LogP contribution in [0.25, 0.3) is 0 Å². The number of nitrogens with zero attached hydrogens (tertiary/aromatic N) is 3. The summed E-state index contributed by atoms with van der Waals surface area (Å²) in [6.45, 7) is 4.92. The molecule has 1 unspecified atom stereocenters. The van der Waals surface area contributed by atoms with Crippen molar-refractivity contribution in [2.45, 2.75) is 26.3 Å². The van der Waals surface area contributed by atoms with Gasteiger partial charge in [-0.15, -0.1) is 0 Å². The Morgan fingerprint density at radius 2 is 2.06 bits per heavy atom. The highest BCUT2D eigenvalue weighted by atomic mass is 16.3. The van der Waals surface area contributed by atoms with Crippen LogP contribution in [0.3, 0.4) is 0 Å². The maximum atomic E-state index is 9.16. The van der Waals surface area contributed by atoms with E-state index in [4.69, 9.17) is 5.11 Å². The highest BCUT2D eigenvalue weighted by Crippen LogP contribution is 1.99. The highest BCUT2D eigenvalue weighted by molar-refractivity contribution is 5.80. The van der Waals surface area contributed by atoms with Gasteiger partial charge in [-0.3, -0.25) is 0 Å². The van der Waals surface area contributed by atoms with Gasteiger partial charge in [0.05, 0.1) is 0 Å². The van der Waals surface area contributed by atoms with Crippen molar-refractivity contribution >= 4 is 5.96 Å². The lowest BCUT2D eigenvalue weighted by Crippen LogP contribution is -2.42. The molecule has 5 nitrogen and oxygen atoms in total. The molecular formula is C12H26N4O. The van der Waals surface area contributed by atoms with Crippen molar-refractivity contribution in [2.75, 3.05) is 34.4 Å². The van der Waals surface area contributed by atoms with E-state index >= 15 is 0 Å². The van der Waals surface area contributed by atoms with Crippen LogP contribution >= 0.6 is 0 Å². The molecule has 100 valence electrons. The fourth-order valence-electron chi connectivity index (χ4n) is 1.32. The van der Waals surface area contributed by atoms with Crippen LogP contribution < -0.4 is 5.32 Å². The van der Waals surface area contributed by atoms with Gasteiger partial charge in [-0.25, -0.2) is 4.99 Å². The van der Waals surface area contributed by atoms with Crippen LogP contribution in [0.15, 0.2) is 17.3 Å². The van der Waals surface area contributed by atoms with Crippen molar-refractivity contribution < 1.29 is 5.11 Å². The van der Waals surface area contributed by atoms with Crippen molar-refractivity contribution in [3.8, 4) is 0 Å². The molecule has 0 radical (unpaired) electrons. The molecule has 0 heterocycles. The predicted octanol–water partition coefficient (Wildman–Crippen LogP) is 0.687. The fourth-order valence-corrected chi connectivity index (χ4v) is 1.32. The second-order valence-electron chi connectivity index (χ2n) is 4.15. The zero-order valence-electron chi connectivity index (χ0n) is 11.6. The van der Waals surface area contributed by atoms with Crippen LogP contribution in [0.1, 0.15) is 20.3 Å². The Balaban J connectivity index is 4.48. The lowest BCUT2D eigenvalue weighted by molar-refractivity contribution is 0.177. The van der Waals surface area contributed by atoms with Crippen molar-refractivity contribution in [2.24, 2.45) is 4.99 Å². The van der Waals surface area contributed by atoms with E-state index in [1.165, 1.54) is 0 Å². The molecule has 0 spiro atoms. The van der Waals surface area contributed by atoms with Gasteiger partial charge in [-0.05, 0) is 27.3 Å². The number of aliphatic hydroxyl groups excluding tert-OH is 1. The van der Waals surface area contributed by atoms with Gasteiger partial charge in [-0.1, -0.05) is 6.08 Å². The van der Waals surface area contributed by atoms with Crippen molar-refractivity contribution in [1.29, 1.82) is 0 Å². The minimum Gasteiger partial charge on any atom is -0.376 e. The minimum absolute atomic E-state index is 0.0394. The second-order valence-corrected chi connectivity index (χ2v) is 4.15. The molecule has 0 aromatic rings. The number of hydrogen-bond acceptors (Lipinski definition) is 3. The average Bonchev–Trinajstić information content (AvgIpc) is 2.35. The van der Waals surface area contributed by atoms with Gasteiger partial charge < -0.3 is 20.2 Å². The standard InChI is InChI=1S/C12H26N4O/c1-6-8-14-12(16(5)10-17)15(4)9-7-11(2)13-3/h6,8,11,13,17H,7,9-10H2,1-5H3/b8-6+,14-12-. The Kier molecular flexibility index (Phi) is 8.44. The third-order valence-corrected chi connectivity index (χ3v) is 2.62. The van der Waals surface area contributed by atoms with Gasteiger partial charge in [0.15, 0.2) is 0 Å². The van der Waals surface area contributed by atoms with Gasteiger partial charge in [0, 0.05) is 32.9 Å². The smallest absolute Gasteiger partial charge is 0.202 e. The number of aliphatic hydroxyl groups is 1.